The zero-order valence-electron chi connectivity index (χ0n) is 23.3. The van der Waals surface area contributed by atoms with E-state index in [9.17, 15) is 4.79 Å². The van der Waals surface area contributed by atoms with Gasteiger partial charge in [-0.25, -0.2) is 0 Å². The Labute approximate surface area is 235 Å². The first-order valence-electron chi connectivity index (χ1n) is 13.6. The highest BCUT2D eigenvalue weighted by molar-refractivity contribution is 5.91. The number of fused-ring (bicyclic) bond motifs is 1. The maximum atomic E-state index is 13.3. The Hall–Kier alpha value is -4.43. The largest absolute Gasteiger partial charge is 0.490 e. The molecule has 2 aromatic carbocycles. The average Bonchev–Trinajstić information content (AvgIpc) is 3.17. The Morgan fingerprint density at radius 2 is 1.98 bits per heavy atom. The number of anilines is 3. The van der Waals surface area contributed by atoms with Crippen LogP contribution in [-0.4, -0.2) is 41.0 Å². The topological polar surface area (TPSA) is 105 Å². The molecule has 1 aliphatic rings. The quantitative estimate of drug-likeness (QED) is 0.263. The van der Waals surface area contributed by atoms with E-state index < -0.39 is 0 Å². The van der Waals surface area contributed by atoms with Gasteiger partial charge in [0, 0.05) is 51.4 Å². The lowest BCUT2D eigenvalue weighted by atomic mass is 9.83. The van der Waals surface area contributed by atoms with Gasteiger partial charge in [0.1, 0.15) is 12.4 Å². The molecule has 0 fully saturated rings. The van der Waals surface area contributed by atoms with E-state index in [-0.39, 0.29) is 18.2 Å². The summed E-state index contributed by atoms with van der Waals surface area (Å²) < 4.78 is 5.93. The van der Waals surface area contributed by atoms with Crippen molar-refractivity contribution in [3.05, 3.63) is 107 Å². The lowest BCUT2D eigenvalue weighted by Gasteiger charge is -2.25. The molecule has 1 aliphatic heterocycles. The Kier molecular flexibility index (Phi) is 8.26. The monoisotopic (exact) mass is 536 g/mol. The first-order valence-corrected chi connectivity index (χ1v) is 13.6. The second kappa shape index (κ2) is 12.2. The molecular formula is C32H36N6O2. The molecule has 0 bridgehead atoms. The summed E-state index contributed by atoms with van der Waals surface area (Å²) in [4.78, 5) is 24.3. The normalized spacial score (nSPS) is 14.0. The van der Waals surface area contributed by atoms with Crippen LogP contribution < -0.4 is 21.1 Å². The van der Waals surface area contributed by atoms with E-state index in [2.05, 4.69) is 56.7 Å². The highest BCUT2D eigenvalue weighted by Crippen LogP contribution is 2.36. The van der Waals surface area contributed by atoms with Gasteiger partial charge in [-0.05, 0) is 72.0 Å². The van der Waals surface area contributed by atoms with E-state index >= 15 is 0 Å². The summed E-state index contributed by atoms with van der Waals surface area (Å²) in [5.74, 6) is 0.593. The number of nitrogens with one attached hydrogen (secondary N) is 2. The molecule has 4 N–H and O–H groups in total. The maximum Gasteiger partial charge on any atom is 0.225 e. The van der Waals surface area contributed by atoms with Gasteiger partial charge in [0.05, 0.1) is 29.0 Å². The van der Waals surface area contributed by atoms with Crippen molar-refractivity contribution in [2.45, 2.75) is 39.3 Å². The molecule has 0 saturated heterocycles. The summed E-state index contributed by atoms with van der Waals surface area (Å²) in [7, 11) is 1.86. The SMILES string of the molecule is CNc1ccc([C@@H](CC(=O)Nc2cccnc2)c2ccc(C)c(CN3CCOc4cccnc4C3)c2)c(C)c1N. The Morgan fingerprint density at radius 3 is 2.77 bits per heavy atom. The number of nitrogen functional groups attached to an aromatic ring is 1. The predicted octanol–water partition coefficient (Wildman–Crippen LogP) is 5.27. The summed E-state index contributed by atoms with van der Waals surface area (Å²) in [6, 6.07) is 18.1. The summed E-state index contributed by atoms with van der Waals surface area (Å²) in [5.41, 5.74) is 15.2. The van der Waals surface area contributed by atoms with Gasteiger partial charge in [0.25, 0.3) is 0 Å². The number of benzene rings is 2. The number of hydrogen-bond acceptors (Lipinski definition) is 7. The minimum absolute atomic E-state index is 0.0804. The molecule has 0 saturated carbocycles. The molecule has 0 aliphatic carbocycles. The number of aryl methyl sites for hydroxylation is 1. The molecule has 206 valence electrons. The number of ether oxygens (including phenoxy) is 1. The van der Waals surface area contributed by atoms with Crippen LogP contribution >= 0.6 is 0 Å². The molecule has 5 rings (SSSR count). The van der Waals surface area contributed by atoms with Crippen molar-refractivity contribution in [1.29, 1.82) is 0 Å². The number of rotatable bonds is 8. The van der Waals surface area contributed by atoms with Crippen molar-refractivity contribution < 1.29 is 9.53 Å². The summed E-state index contributed by atoms with van der Waals surface area (Å²) >= 11 is 0. The van der Waals surface area contributed by atoms with E-state index in [1.54, 1.807) is 12.4 Å². The Balaban J connectivity index is 1.46. The van der Waals surface area contributed by atoms with E-state index in [0.717, 1.165) is 53.5 Å². The first-order chi connectivity index (χ1) is 19.4. The molecule has 8 nitrogen and oxygen atoms in total. The summed E-state index contributed by atoms with van der Waals surface area (Å²) in [6.45, 7) is 7.05. The Morgan fingerprint density at radius 1 is 1.12 bits per heavy atom. The van der Waals surface area contributed by atoms with Crippen molar-refractivity contribution in [2.75, 3.05) is 36.6 Å². The van der Waals surface area contributed by atoms with Gasteiger partial charge in [-0.2, -0.15) is 0 Å². The zero-order valence-corrected chi connectivity index (χ0v) is 23.3. The number of pyridine rings is 2. The van der Waals surface area contributed by atoms with E-state index in [4.69, 9.17) is 10.5 Å². The number of amides is 1. The van der Waals surface area contributed by atoms with Crippen LogP contribution in [0.15, 0.2) is 73.2 Å². The number of aromatic nitrogens is 2. The number of carbonyl (C=O) groups excluding carboxylic acids is 1. The average molecular weight is 537 g/mol. The fourth-order valence-electron chi connectivity index (χ4n) is 5.29. The molecule has 3 heterocycles. The fraction of sp³-hybridized carbons (Fsp3) is 0.281. The van der Waals surface area contributed by atoms with Crippen molar-refractivity contribution in [3.63, 3.8) is 0 Å². The first kappa shape index (κ1) is 27.1. The van der Waals surface area contributed by atoms with Crippen LogP contribution in [0.25, 0.3) is 0 Å². The second-order valence-electron chi connectivity index (χ2n) is 10.2. The molecule has 0 unspecified atom stereocenters. The Bertz CT molecular complexity index is 1490. The minimum atomic E-state index is -0.181. The highest BCUT2D eigenvalue weighted by atomic mass is 16.5. The molecule has 0 spiro atoms. The maximum absolute atomic E-state index is 13.3. The number of carbonyl (C=O) groups is 1. The molecule has 1 amide bonds. The smallest absolute Gasteiger partial charge is 0.225 e. The molecule has 4 aromatic rings. The summed E-state index contributed by atoms with van der Waals surface area (Å²) in [5, 5.41) is 6.16. The van der Waals surface area contributed by atoms with Crippen molar-refractivity contribution >= 4 is 23.0 Å². The van der Waals surface area contributed by atoms with Crippen LogP contribution in [0, 0.1) is 13.8 Å². The van der Waals surface area contributed by atoms with E-state index in [1.165, 1.54) is 11.1 Å². The second-order valence-corrected chi connectivity index (χ2v) is 10.2. The van der Waals surface area contributed by atoms with Crippen molar-refractivity contribution in [2.24, 2.45) is 0 Å². The van der Waals surface area contributed by atoms with Crippen LogP contribution in [0.2, 0.25) is 0 Å². The molecule has 40 heavy (non-hydrogen) atoms. The standard InChI is InChI=1S/C32H36N6O2/c1-21-8-9-23(16-24(21)19-38-14-15-40-30-7-5-13-36-29(30)20-38)27(17-31(39)37-25-6-4-12-35-18-25)26-10-11-28(34-3)32(33)22(26)2/h4-13,16,18,27,34H,14-15,17,19-20,33H2,1-3H3,(H,37,39)/t27-/m0/s1. The molecular weight excluding hydrogens is 500 g/mol. The van der Waals surface area contributed by atoms with Gasteiger partial charge < -0.3 is 21.1 Å². The third-order valence-corrected chi connectivity index (χ3v) is 7.59. The number of nitrogens with two attached hydrogens (primary N) is 1. The van der Waals surface area contributed by atoms with Gasteiger partial charge in [-0.15, -0.1) is 0 Å². The van der Waals surface area contributed by atoms with Crippen LogP contribution in [0.4, 0.5) is 17.1 Å². The van der Waals surface area contributed by atoms with Gasteiger partial charge in [0.2, 0.25) is 5.91 Å². The highest BCUT2D eigenvalue weighted by Gasteiger charge is 2.24. The van der Waals surface area contributed by atoms with Gasteiger partial charge in [0.15, 0.2) is 0 Å². The van der Waals surface area contributed by atoms with Gasteiger partial charge in [-0.1, -0.05) is 24.3 Å². The van der Waals surface area contributed by atoms with Crippen LogP contribution in [0.3, 0.4) is 0 Å². The lowest BCUT2D eigenvalue weighted by Crippen LogP contribution is -2.26. The third kappa shape index (κ3) is 6.07. The minimum Gasteiger partial charge on any atom is -0.490 e. The van der Waals surface area contributed by atoms with E-state index in [1.807, 2.05) is 50.5 Å². The molecule has 1 atom stereocenters. The number of hydrogen-bond donors (Lipinski definition) is 3. The fourth-order valence-corrected chi connectivity index (χ4v) is 5.29. The van der Waals surface area contributed by atoms with Gasteiger partial charge >= 0.3 is 0 Å². The lowest BCUT2D eigenvalue weighted by molar-refractivity contribution is -0.116. The van der Waals surface area contributed by atoms with Crippen LogP contribution in [0.1, 0.15) is 45.8 Å². The molecule has 2 aromatic heterocycles. The summed E-state index contributed by atoms with van der Waals surface area (Å²) in [6.07, 6.45) is 5.42. The number of nitrogens with zero attached hydrogens (tertiary/aromatic N) is 3. The van der Waals surface area contributed by atoms with E-state index in [0.29, 0.717) is 18.0 Å². The van der Waals surface area contributed by atoms with Gasteiger partial charge in [-0.3, -0.25) is 19.7 Å². The van der Waals surface area contributed by atoms with Crippen LogP contribution in [0.5, 0.6) is 5.75 Å². The molecule has 8 heteroatoms. The molecule has 0 radical (unpaired) electrons. The van der Waals surface area contributed by atoms with Crippen molar-refractivity contribution in [3.8, 4) is 5.75 Å². The third-order valence-electron chi connectivity index (χ3n) is 7.59. The van der Waals surface area contributed by atoms with Crippen LogP contribution in [-0.2, 0) is 17.9 Å². The predicted molar refractivity (Wildman–Crippen MR) is 159 cm³/mol. The zero-order chi connectivity index (χ0) is 28.1. The van der Waals surface area contributed by atoms with Crippen molar-refractivity contribution in [1.82, 2.24) is 14.9 Å².